The van der Waals surface area contributed by atoms with Crippen LogP contribution in [0.2, 0.25) is 15.1 Å². The molecule has 0 bridgehead atoms. The van der Waals surface area contributed by atoms with Crippen molar-refractivity contribution in [3.05, 3.63) is 39.3 Å². The molecule has 2 aromatic carbocycles. The summed E-state index contributed by atoms with van der Waals surface area (Å²) in [4.78, 5) is 8.64. The first-order valence-corrected chi connectivity index (χ1v) is 6.13. The zero-order valence-electron chi connectivity index (χ0n) is 8.78. The van der Waals surface area contributed by atoms with Gasteiger partial charge in [-0.05, 0) is 18.2 Å². The highest BCUT2D eigenvalue weighted by molar-refractivity contribution is 6.38. The van der Waals surface area contributed by atoms with Gasteiger partial charge in [0.25, 0.3) is 0 Å². The SMILES string of the molecule is Oc1cc(Cl)cc2nc3c(Cl)cc(Cl)cc3nc12. The summed E-state index contributed by atoms with van der Waals surface area (Å²) in [6, 6.07) is 6.27. The molecule has 1 aromatic heterocycles. The smallest absolute Gasteiger partial charge is 0.144 e. The lowest BCUT2D eigenvalue weighted by Crippen LogP contribution is -1.89. The molecule has 0 amide bonds. The number of rotatable bonds is 0. The van der Waals surface area contributed by atoms with Crippen molar-refractivity contribution in [2.45, 2.75) is 0 Å². The van der Waals surface area contributed by atoms with Gasteiger partial charge in [0, 0.05) is 16.1 Å². The molecule has 0 aliphatic carbocycles. The first-order valence-electron chi connectivity index (χ1n) is 4.99. The molecule has 1 heterocycles. The van der Waals surface area contributed by atoms with Gasteiger partial charge in [-0.1, -0.05) is 34.8 Å². The summed E-state index contributed by atoms with van der Waals surface area (Å²) in [5, 5.41) is 11.1. The normalized spacial score (nSPS) is 11.3. The number of halogens is 3. The molecule has 0 fully saturated rings. The maximum absolute atomic E-state index is 9.80. The third kappa shape index (κ3) is 1.85. The second-order valence-corrected chi connectivity index (χ2v) is 5.05. The fourth-order valence-electron chi connectivity index (χ4n) is 1.76. The van der Waals surface area contributed by atoms with Gasteiger partial charge >= 0.3 is 0 Å². The van der Waals surface area contributed by atoms with E-state index in [1.165, 1.54) is 6.07 Å². The molecule has 18 heavy (non-hydrogen) atoms. The summed E-state index contributed by atoms with van der Waals surface area (Å²) in [6.07, 6.45) is 0. The monoisotopic (exact) mass is 298 g/mol. The first-order chi connectivity index (χ1) is 8.54. The van der Waals surface area contributed by atoms with Gasteiger partial charge in [0.05, 0.1) is 16.1 Å². The predicted octanol–water partition coefficient (Wildman–Crippen LogP) is 4.45. The van der Waals surface area contributed by atoms with Crippen molar-refractivity contribution < 1.29 is 5.11 Å². The van der Waals surface area contributed by atoms with Crippen molar-refractivity contribution in [1.82, 2.24) is 9.97 Å². The van der Waals surface area contributed by atoms with Crippen LogP contribution in [-0.4, -0.2) is 15.1 Å². The van der Waals surface area contributed by atoms with Gasteiger partial charge in [-0.25, -0.2) is 9.97 Å². The van der Waals surface area contributed by atoms with Gasteiger partial charge in [-0.15, -0.1) is 0 Å². The number of aromatic hydroxyl groups is 1. The number of benzene rings is 2. The Hall–Kier alpha value is -1.29. The highest BCUT2D eigenvalue weighted by Gasteiger charge is 2.10. The highest BCUT2D eigenvalue weighted by Crippen LogP contribution is 2.31. The Balaban J connectivity index is 2.51. The molecule has 90 valence electrons. The number of fused-ring (bicyclic) bond motifs is 2. The summed E-state index contributed by atoms with van der Waals surface area (Å²) in [5.41, 5.74) is 1.90. The molecule has 0 unspecified atom stereocenters. The average molecular weight is 300 g/mol. The fraction of sp³-hybridized carbons (Fsp3) is 0. The number of phenolic OH excluding ortho intramolecular Hbond substituents is 1. The molecule has 3 nitrogen and oxygen atoms in total. The van der Waals surface area contributed by atoms with Crippen LogP contribution >= 0.6 is 34.8 Å². The van der Waals surface area contributed by atoms with E-state index in [1.54, 1.807) is 18.2 Å². The van der Waals surface area contributed by atoms with E-state index in [-0.39, 0.29) is 5.75 Å². The van der Waals surface area contributed by atoms with E-state index >= 15 is 0 Å². The number of hydrogen-bond acceptors (Lipinski definition) is 3. The van der Waals surface area contributed by atoms with Crippen molar-refractivity contribution >= 4 is 56.9 Å². The summed E-state index contributed by atoms with van der Waals surface area (Å²) in [5.74, 6) is -0.0250. The minimum atomic E-state index is -0.0250. The minimum Gasteiger partial charge on any atom is -0.506 e. The van der Waals surface area contributed by atoms with Gasteiger partial charge in [0.15, 0.2) is 0 Å². The van der Waals surface area contributed by atoms with Crippen LogP contribution in [0.1, 0.15) is 0 Å². The zero-order chi connectivity index (χ0) is 12.9. The van der Waals surface area contributed by atoms with Crippen molar-refractivity contribution in [2.24, 2.45) is 0 Å². The molecule has 0 aliphatic heterocycles. The third-order valence-corrected chi connectivity index (χ3v) is 3.23. The maximum Gasteiger partial charge on any atom is 0.144 e. The Kier molecular flexibility index (Phi) is 2.70. The molecule has 6 heteroatoms. The molecule has 3 rings (SSSR count). The second kappa shape index (κ2) is 4.12. The largest absolute Gasteiger partial charge is 0.506 e. The van der Waals surface area contributed by atoms with Crippen molar-refractivity contribution in [3.8, 4) is 5.75 Å². The van der Waals surface area contributed by atoms with Crippen molar-refractivity contribution in [3.63, 3.8) is 0 Å². The van der Waals surface area contributed by atoms with Gasteiger partial charge in [-0.2, -0.15) is 0 Å². The van der Waals surface area contributed by atoms with E-state index in [2.05, 4.69) is 9.97 Å². The lowest BCUT2D eigenvalue weighted by Gasteiger charge is -2.05. The Morgan fingerprint density at radius 3 is 2.06 bits per heavy atom. The summed E-state index contributed by atoms with van der Waals surface area (Å²) in [7, 11) is 0. The highest BCUT2D eigenvalue weighted by atomic mass is 35.5. The van der Waals surface area contributed by atoms with Crippen LogP contribution in [0.4, 0.5) is 0 Å². The van der Waals surface area contributed by atoms with Crippen LogP contribution in [0.5, 0.6) is 5.75 Å². The zero-order valence-corrected chi connectivity index (χ0v) is 11.1. The van der Waals surface area contributed by atoms with Gasteiger partial charge in [0.2, 0.25) is 0 Å². The van der Waals surface area contributed by atoms with E-state index < -0.39 is 0 Å². The predicted molar refractivity (Wildman–Crippen MR) is 73.7 cm³/mol. The lowest BCUT2D eigenvalue weighted by molar-refractivity contribution is 0.480. The average Bonchev–Trinajstić information content (AvgIpc) is 2.27. The quantitative estimate of drug-likeness (QED) is 0.624. The molecule has 0 atom stereocenters. The van der Waals surface area contributed by atoms with Crippen molar-refractivity contribution in [1.29, 1.82) is 0 Å². The molecule has 0 spiro atoms. The molecule has 0 saturated heterocycles. The summed E-state index contributed by atoms with van der Waals surface area (Å²) >= 11 is 17.8. The molecule has 0 aliphatic rings. The molecule has 1 N–H and O–H groups in total. The fourth-order valence-corrected chi connectivity index (χ4v) is 2.49. The molecule has 0 radical (unpaired) electrons. The number of phenols is 1. The van der Waals surface area contributed by atoms with Gasteiger partial charge in [-0.3, -0.25) is 0 Å². The Labute approximate surface area is 117 Å². The van der Waals surface area contributed by atoms with Gasteiger partial charge < -0.3 is 5.11 Å². The molecule has 0 saturated carbocycles. The molecular weight excluding hydrogens is 295 g/mol. The molecule has 3 aromatic rings. The van der Waals surface area contributed by atoms with Crippen LogP contribution in [0.25, 0.3) is 22.1 Å². The summed E-state index contributed by atoms with van der Waals surface area (Å²) in [6.45, 7) is 0. The Morgan fingerprint density at radius 2 is 1.33 bits per heavy atom. The number of nitrogens with zero attached hydrogens (tertiary/aromatic N) is 2. The maximum atomic E-state index is 9.80. The molecular formula is C12H5Cl3N2O. The first kappa shape index (κ1) is 11.8. The minimum absolute atomic E-state index is 0.0250. The Morgan fingerprint density at radius 1 is 0.778 bits per heavy atom. The standard InChI is InChI=1S/C12H5Cl3N2O/c13-5-1-7(15)11-8(2-5)17-12-9(16-11)3-6(14)4-10(12)18/h1-4,18H. The topological polar surface area (TPSA) is 46.0 Å². The lowest BCUT2D eigenvalue weighted by atomic mass is 10.2. The van der Waals surface area contributed by atoms with E-state index in [9.17, 15) is 5.11 Å². The van der Waals surface area contributed by atoms with E-state index in [0.717, 1.165) is 0 Å². The van der Waals surface area contributed by atoms with Crippen LogP contribution in [0.15, 0.2) is 24.3 Å². The number of aromatic nitrogens is 2. The van der Waals surface area contributed by atoms with Crippen molar-refractivity contribution in [2.75, 3.05) is 0 Å². The summed E-state index contributed by atoms with van der Waals surface area (Å²) < 4.78 is 0. The second-order valence-electron chi connectivity index (χ2n) is 3.77. The van der Waals surface area contributed by atoms with E-state index in [1.807, 2.05) is 0 Å². The van der Waals surface area contributed by atoms with Gasteiger partial charge in [0.1, 0.15) is 16.8 Å². The third-order valence-electron chi connectivity index (χ3n) is 2.51. The number of hydrogen-bond donors (Lipinski definition) is 1. The van der Waals surface area contributed by atoms with Crippen LogP contribution in [0.3, 0.4) is 0 Å². The Bertz CT molecular complexity index is 722. The van der Waals surface area contributed by atoms with E-state index in [4.69, 9.17) is 34.8 Å². The van der Waals surface area contributed by atoms with Crippen LogP contribution in [-0.2, 0) is 0 Å². The van der Waals surface area contributed by atoms with E-state index in [0.29, 0.717) is 37.1 Å². The van der Waals surface area contributed by atoms with Crippen LogP contribution in [0, 0.1) is 0 Å². The van der Waals surface area contributed by atoms with Crippen LogP contribution < -0.4 is 0 Å².